The van der Waals surface area contributed by atoms with E-state index in [-0.39, 0.29) is 17.6 Å². The zero-order valence-electron chi connectivity index (χ0n) is 5.18. The van der Waals surface area contributed by atoms with Crippen molar-refractivity contribution in [1.82, 2.24) is 0 Å². The maximum absolute atomic E-state index is 11.1. The zero-order valence-corrected chi connectivity index (χ0v) is 6.69. The Bertz CT molecular complexity index is 220. The van der Waals surface area contributed by atoms with E-state index >= 15 is 0 Å². The summed E-state index contributed by atoms with van der Waals surface area (Å²) >= 11 is 11.4. The monoisotopic (exact) mass is 176 g/mol. The van der Waals surface area contributed by atoms with Crippen molar-refractivity contribution in [2.24, 2.45) is 11.8 Å². The van der Waals surface area contributed by atoms with Gasteiger partial charge in [0, 0.05) is 11.8 Å². The minimum Gasteiger partial charge on any atom is -0.296 e. The van der Waals surface area contributed by atoms with Crippen LogP contribution in [-0.2, 0) is 4.79 Å². The van der Waals surface area contributed by atoms with E-state index in [9.17, 15) is 4.79 Å². The number of ketones is 1. The molecule has 2 atom stereocenters. The van der Waals surface area contributed by atoms with Crippen LogP contribution < -0.4 is 0 Å². The van der Waals surface area contributed by atoms with E-state index in [0.29, 0.717) is 0 Å². The van der Waals surface area contributed by atoms with Crippen LogP contribution in [-0.4, -0.2) is 10.1 Å². The average Bonchev–Trinajstić information content (AvgIpc) is 2.31. The van der Waals surface area contributed by atoms with Crippen molar-refractivity contribution in [1.29, 1.82) is 0 Å². The number of carbonyl (C=O) groups excluding carboxylic acids is 1. The third-order valence-corrected chi connectivity index (χ3v) is 3.13. The van der Waals surface area contributed by atoms with E-state index in [1.165, 1.54) is 0 Å². The molecular formula is C7H6Cl2O. The minimum absolute atomic E-state index is 0.00849. The first-order chi connectivity index (χ1) is 4.64. The second kappa shape index (κ2) is 1.77. The fourth-order valence-electron chi connectivity index (χ4n) is 1.61. The fraction of sp³-hybridized carbons (Fsp3) is 0.571. The quantitative estimate of drug-likeness (QED) is 0.408. The molecule has 0 aromatic heterocycles. The predicted molar refractivity (Wildman–Crippen MR) is 40.2 cm³/mol. The lowest BCUT2D eigenvalue weighted by Gasteiger charge is -2.40. The smallest absolute Gasteiger partial charge is 0.183 e. The Morgan fingerprint density at radius 2 is 2.30 bits per heavy atom. The minimum atomic E-state index is -1.10. The first-order valence-corrected chi connectivity index (χ1v) is 3.98. The molecule has 1 nitrogen and oxygen atoms in total. The summed E-state index contributed by atoms with van der Waals surface area (Å²) in [6.45, 7) is 0. The van der Waals surface area contributed by atoms with Crippen molar-refractivity contribution in [2.75, 3.05) is 0 Å². The van der Waals surface area contributed by atoms with Gasteiger partial charge in [0.15, 0.2) is 10.1 Å². The van der Waals surface area contributed by atoms with Crippen molar-refractivity contribution in [3.8, 4) is 0 Å². The second-order valence-electron chi connectivity index (χ2n) is 2.78. The first-order valence-electron chi connectivity index (χ1n) is 3.23. The molecule has 0 aromatic carbocycles. The van der Waals surface area contributed by atoms with Gasteiger partial charge in [0.05, 0.1) is 0 Å². The van der Waals surface area contributed by atoms with Gasteiger partial charge in [0.1, 0.15) is 0 Å². The largest absolute Gasteiger partial charge is 0.296 e. The maximum atomic E-state index is 11.1. The van der Waals surface area contributed by atoms with Crippen molar-refractivity contribution in [3.63, 3.8) is 0 Å². The SMILES string of the molecule is O=C1[C@H]2CC=C[C@@H]2C1(Cl)Cl. The van der Waals surface area contributed by atoms with Crippen LogP contribution in [0.3, 0.4) is 0 Å². The number of fused-ring (bicyclic) bond motifs is 1. The second-order valence-corrected chi connectivity index (χ2v) is 4.17. The summed E-state index contributed by atoms with van der Waals surface area (Å²) in [4.78, 5) is 11.1. The molecule has 0 aliphatic heterocycles. The van der Waals surface area contributed by atoms with Crippen LogP contribution in [0.15, 0.2) is 12.2 Å². The van der Waals surface area contributed by atoms with Crippen LogP contribution in [0.4, 0.5) is 0 Å². The molecule has 0 heterocycles. The van der Waals surface area contributed by atoms with Gasteiger partial charge in [0.25, 0.3) is 0 Å². The summed E-state index contributed by atoms with van der Waals surface area (Å²) < 4.78 is -1.10. The molecule has 0 radical (unpaired) electrons. The van der Waals surface area contributed by atoms with Crippen molar-refractivity contribution >= 4 is 29.0 Å². The molecule has 3 heteroatoms. The molecule has 0 aromatic rings. The molecule has 54 valence electrons. The maximum Gasteiger partial charge on any atom is 0.183 e. The molecule has 0 bridgehead atoms. The van der Waals surface area contributed by atoms with Crippen LogP contribution in [0.2, 0.25) is 0 Å². The topological polar surface area (TPSA) is 17.1 Å². The van der Waals surface area contributed by atoms with E-state index in [4.69, 9.17) is 23.2 Å². The van der Waals surface area contributed by atoms with Crippen LogP contribution in [0.25, 0.3) is 0 Å². The lowest BCUT2D eigenvalue weighted by atomic mass is 9.73. The standard InChI is InChI=1S/C7H6Cl2O/c8-7(9)5-3-1-2-4(5)6(7)10/h1,3-5H,2H2/t4-,5-/m0/s1. The molecule has 1 saturated carbocycles. The summed E-state index contributed by atoms with van der Waals surface area (Å²) in [6.07, 6.45) is 4.73. The molecule has 2 rings (SSSR count). The van der Waals surface area contributed by atoms with Crippen molar-refractivity contribution in [3.05, 3.63) is 12.2 Å². The lowest BCUT2D eigenvalue weighted by Crippen LogP contribution is -2.53. The van der Waals surface area contributed by atoms with Crippen LogP contribution >= 0.6 is 23.2 Å². The third-order valence-electron chi connectivity index (χ3n) is 2.25. The number of hydrogen-bond acceptors (Lipinski definition) is 1. The van der Waals surface area contributed by atoms with Crippen LogP contribution in [0.5, 0.6) is 0 Å². The van der Waals surface area contributed by atoms with Gasteiger partial charge in [-0.2, -0.15) is 0 Å². The summed E-state index contributed by atoms with van der Waals surface area (Å²) in [7, 11) is 0. The Labute approximate surface area is 69.0 Å². The number of alkyl halides is 2. The number of hydrogen-bond donors (Lipinski definition) is 0. The zero-order chi connectivity index (χ0) is 7.35. The Morgan fingerprint density at radius 1 is 1.60 bits per heavy atom. The summed E-state index contributed by atoms with van der Waals surface area (Å²) in [5.41, 5.74) is 0. The predicted octanol–water partition coefficient (Wildman–Crippen LogP) is 1.94. The first kappa shape index (κ1) is 6.68. The summed E-state index contributed by atoms with van der Waals surface area (Å²) in [6, 6.07) is 0. The van der Waals surface area contributed by atoms with Gasteiger partial charge in [0.2, 0.25) is 0 Å². The Hall–Kier alpha value is -0.0100. The fourth-order valence-corrected chi connectivity index (χ4v) is 2.34. The lowest BCUT2D eigenvalue weighted by molar-refractivity contribution is -0.132. The van der Waals surface area contributed by atoms with Gasteiger partial charge in [-0.1, -0.05) is 35.4 Å². The normalized spacial score (nSPS) is 41.2. The molecule has 0 N–H and O–H groups in total. The number of allylic oxidation sites excluding steroid dienone is 2. The van der Waals surface area contributed by atoms with Crippen LogP contribution in [0.1, 0.15) is 6.42 Å². The van der Waals surface area contributed by atoms with E-state index in [1.807, 2.05) is 12.2 Å². The van der Waals surface area contributed by atoms with E-state index in [2.05, 4.69) is 0 Å². The van der Waals surface area contributed by atoms with Gasteiger partial charge in [-0.15, -0.1) is 0 Å². The van der Waals surface area contributed by atoms with Crippen molar-refractivity contribution in [2.45, 2.75) is 10.8 Å². The number of rotatable bonds is 0. The third kappa shape index (κ3) is 0.578. The molecule has 2 aliphatic carbocycles. The highest BCUT2D eigenvalue weighted by Gasteiger charge is 2.60. The molecule has 0 saturated heterocycles. The molecule has 1 fully saturated rings. The average molecular weight is 177 g/mol. The Kier molecular flexibility index (Phi) is 1.19. The number of halogens is 2. The van der Waals surface area contributed by atoms with E-state index in [1.54, 1.807) is 0 Å². The molecular weight excluding hydrogens is 171 g/mol. The summed E-state index contributed by atoms with van der Waals surface area (Å²) in [5, 5.41) is 0. The van der Waals surface area contributed by atoms with Gasteiger partial charge in [-0.25, -0.2) is 0 Å². The molecule has 2 aliphatic rings. The highest BCUT2D eigenvalue weighted by atomic mass is 35.5. The highest BCUT2D eigenvalue weighted by Crippen LogP contribution is 2.53. The van der Waals surface area contributed by atoms with E-state index in [0.717, 1.165) is 6.42 Å². The molecule has 0 amide bonds. The molecule has 0 spiro atoms. The van der Waals surface area contributed by atoms with Gasteiger partial charge in [-0.05, 0) is 6.42 Å². The Morgan fingerprint density at radius 3 is 2.90 bits per heavy atom. The van der Waals surface area contributed by atoms with Gasteiger partial charge < -0.3 is 0 Å². The highest BCUT2D eigenvalue weighted by molar-refractivity contribution is 6.61. The van der Waals surface area contributed by atoms with Gasteiger partial charge >= 0.3 is 0 Å². The van der Waals surface area contributed by atoms with E-state index < -0.39 is 4.33 Å². The Balaban J connectivity index is 2.29. The van der Waals surface area contributed by atoms with Crippen LogP contribution in [0, 0.1) is 11.8 Å². The van der Waals surface area contributed by atoms with Gasteiger partial charge in [-0.3, -0.25) is 4.79 Å². The number of Topliss-reactive ketones (excluding diaryl/α,β-unsaturated/α-hetero) is 1. The summed E-state index contributed by atoms with van der Waals surface area (Å²) in [5.74, 6) is 0.171. The molecule has 0 unspecified atom stereocenters. The van der Waals surface area contributed by atoms with Crippen molar-refractivity contribution < 1.29 is 4.79 Å². The molecule has 10 heavy (non-hydrogen) atoms. The number of carbonyl (C=O) groups is 1.